The number of hydrogen-bond donors (Lipinski definition) is 0. The zero-order valence-corrected chi connectivity index (χ0v) is 14.1. The van der Waals surface area contributed by atoms with Gasteiger partial charge in [0.25, 0.3) is 0 Å². The molecular formula is C17H29NO3. The number of carbonyl (C=O) groups is 2. The molecule has 0 N–H and O–H groups in total. The average molecular weight is 295 g/mol. The van der Waals surface area contributed by atoms with Crippen LogP contribution in [0.15, 0.2) is 0 Å². The van der Waals surface area contributed by atoms with E-state index in [1.807, 2.05) is 0 Å². The van der Waals surface area contributed by atoms with Crippen molar-refractivity contribution in [3.63, 3.8) is 0 Å². The van der Waals surface area contributed by atoms with E-state index in [4.69, 9.17) is 4.74 Å². The lowest BCUT2D eigenvalue weighted by molar-refractivity contribution is -0.168. The fraction of sp³-hybridized carbons (Fsp3) is 0.882. The van der Waals surface area contributed by atoms with Gasteiger partial charge in [-0.1, -0.05) is 12.8 Å². The molecule has 0 unspecified atom stereocenters. The molecule has 1 saturated heterocycles. The van der Waals surface area contributed by atoms with Gasteiger partial charge < -0.3 is 9.64 Å². The molecule has 1 heterocycles. The van der Waals surface area contributed by atoms with Gasteiger partial charge >= 0.3 is 5.97 Å². The second-order valence-electron chi connectivity index (χ2n) is 7.92. The van der Waals surface area contributed by atoms with Crippen molar-refractivity contribution >= 4 is 11.9 Å². The van der Waals surface area contributed by atoms with Gasteiger partial charge in [0.05, 0.1) is 0 Å². The van der Waals surface area contributed by atoms with Gasteiger partial charge in [-0.15, -0.1) is 0 Å². The predicted molar refractivity (Wildman–Crippen MR) is 81.8 cm³/mol. The smallest absolute Gasteiger partial charge is 0.302 e. The molecular weight excluding hydrogens is 266 g/mol. The Kier molecular flexibility index (Phi) is 4.36. The minimum atomic E-state index is -0.276. The summed E-state index contributed by atoms with van der Waals surface area (Å²) in [6.45, 7) is 9.83. The van der Waals surface area contributed by atoms with Crippen molar-refractivity contribution in [2.45, 2.75) is 90.3 Å². The number of rotatable bonds is 2. The molecule has 120 valence electrons. The molecule has 1 saturated carbocycles. The summed E-state index contributed by atoms with van der Waals surface area (Å²) in [7, 11) is 0. The van der Waals surface area contributed by atoms with E-state index in [9.17, 15) is 9.59 Å². The molecule has 0 bridgehead atoms. The number of carbonyl (C=O) groups excluding carboxylic acids is 2. The number of piperidine rings is 1. The summed E-state index contributed by atoms with van der Waals surface area (Å²) in [6.07, 6.45) is 5.72. The van der Waals surface area contributed by atoms with Gasteiger partial charge in [0.1, 0.15) is 6.10 Å². The maximum atomic E-state index is 13.0. The van der Waals surface area contributed by atoms with Crippen LogP contribution in [0.2, 0.25) is 0 Å². The van der Waals surface area contributed by atoms with Crippen LogP contribution in [-0.2, 0) is 14.3 Å². The normalized spacial score (nSPS) is 25.9. The number of esters is 1. The molecule has 0 aromatic rings. The lowest BCUT2D eigenvalue weighted by atomic mass is 9.77. The van der Waals surface area contributed by atoms with Gasteiger partial charge in [-0.2, -0.15) is 0 Å². The Balaban J connectivity index is 2.20. The zero-order valence-electron chi connectivity index (χ0n) is 14.1. The standard InChI is InChI=1S/C17H29NO3/c1-12(19)21-14-10-16(2,3)18(17(4,5)11-14)15(20)13-8-6-7-9-13/h13-14H,6-11H2,1-5H3. The Morgan fingerprint density at radius 2 is 1.48 bits per heavy atom. The summed E-state index contributed by atoms with van der Waals surface area (Å²) < 4.78 is 5.44. The molecule has 0 aromatic carbocycles. The second-order valence-corrected chi connectivity index (χ2v) is 7.92. The van der Waals surface area contributed by atoms with E-state index in [1.165, 1.54) is 19.8 Å². The van der Waals surface area contributed by atoms with E-state index in [2.05, 4.69) is 32.6 Å². The largest absolute Gasteiger partial charge is 0.462 e. The number of amides is 1. The topological polar surface area (TPSA) is 46.6 Å². The SMILES string of the molecule is CC(=O)OC1CC(C)(C)N(C(=O)C2CCCC2)C(C)(C)C1. The number of nitrogens with zero attached hydrogens (tertiary/aromatic N) is 1. The Hall–Kier alpha value is -1.06. The first-order chi connectivity index (χ1) is 9.63. The highest BCUT2D eigenvalue weighted by Gasteiger charge is 2.50. The summed E-state index contributed by atoms with van der Waals surface area (Å²) in [5.41, 5.74) is -0.552. The van der Waals surface area contributed by atoms with Crippen LogP contribution in [0.3, 0.4) is 0 Å². The minimum absolute atomic E-state index is 0.0971. The van der Waals surface area contributed by atoms with Gasteiger partial charge in [-0.3, -0.25) is 9.59 Å². The van der Waals surface area contributed by atoms with Crippen LogP contribution >= 0.6 is 0 Å². The lowest BCUT2D eigenvalue weighted by Crippen LogP contribution is -2.65. The molecule has 1 aliphatic carbocycles. The minimum Gasteiger partial charge on any atom is -0.462 e. The Labute approximate surface area is 128 Å². The van der Waals surface area contributed by atoms with Gasteiger partial charge in [0.15, 0.2) is 0 Å². The number of ether oxygens (including phenoxy) is 1. The van der Waals surface area contributed by atoms with Crippen molar-refractivity contribution in [3.8, 4) is 0 Å². The van der Waals surface area contributed by atoms with Gasteiger partial charge in [0, 0.05) is 36.8 Å². The highest BCUT2D eigenvalue weighted by molar-refractivity contribution is 5.81. The summed E-state index contributed by atoms with van der Waals surface area (Å²) >= 11 is 0. The molecule has 2 aliphatic rings. The van der Waals surface area contributed by atoms with Crippen LogP contribution in [0.25, 0.3) is 0 Å². The molecule has 0 aromatic heterocycles. The van der Waals surface area contributed by atoms with Crippen LogP contribution < -0.4 is 0 Å². The third-order valence-electron chi connectivity index (χ3n) is 4.92. The Bertz CT molecular complexity index is 404. The second kappa shape index (κ2) is 5.62. The van der Waals surface area contributed by atoms with Crippen molar-refractivity contribution in [2.75, 3.05) is 0 Å². The first kappa shape index (κ1) is 16.3. The fourth-order valence-corrected chi connectivity index (χ4v) is 4.46. The molecule has 21 heavy (non-hydrogen) atoms. The number of hydrogen-bond acceptors (Lipinski definition) is 3. The van der Waals surface area contributed by atoms with Crippen molar-refractivity contribution in [3.05, 3.63) is 0 Å². The van der Waals surface area contributed by atoms with Crippen molar-refractivity contribution in [1.82, 2.24) is 4.90 Å². The number of likely N-dealkylation sites (tertiary alicyclic amines) is 1. The van der Waals surface area contributed by atoms with Crippen LogP contribution in [0.5, 0.6) is 0 Å². The van der Waals surface area contributed by atoms with E-state index in [0.29, 0.717) is 18.7 Å². The molecule has 0 atom stereocenters. The Morgan fingerprint density at radius 1 is 1.00 bits per heavy atom. The van der Waals surface area contributed by atoms with Crippen LogP contribution in [0.4, 0.5) is 0 Å². The molecule has 2 fully saturated rings. The maximum Gasteiger partial charge on any atom is 0.302 e. The fourth-order valence-electron chi connectivity index (χ4n) is 4.46. The highest BCUT2D eigenvalue weighted by atomic mass is 16.5. The highest BCUT2D eigenvalue weighted by Crippen LogP contribution is 2.42. The molecule has 4 heteroatoms. The monoisotopic (exact) mass is 295 g/mol. The summed E-state index contributed by atoms with van der Waals surface area (Å²) in [5, 5.41) is 0. The lowest BCUT2D eigenvalue weighted by Gasteiger charge is -2.55. The summed E-state index contributed by atoms with van der Waals surface area (Å²) in [5.74, 6) is 0.250. The van der Waals surface area contributed by atoms with E-state index in [1.54, 1.807) is 0 Å². The van der Waals surface area contributed by atoms with Crippen LogP contribution in [0, 0.1) is 5.92 Å². The van der Waals surface area contributed by atoms with E-state index in [-0.39, 0.29) is 29.1 Å². The summed E-state index contributed by atoms with van der Waals surface area (Å²) in [4.78, 5) is 26.3. The quantitative estimate of drug-likeness (QED) is 0.734. The van der Waals surface area contributed by atoms with Crippen molar-refractivity contribution in [1.29, 1.82) is 0 Å². The van der Waals surface area contributed by atoms with Gasteiger partial charge in [-0.25, -0.2) is 0 Å². The van der Waals surface area contributed by atoms with E-state index in [0.717, 1.165) is 12.8 Å². The first-order valence-corrected chi connectivity index (χ1v) is 8.15. The first-order valence-electron chi connectivity index (χ1n) is 8.15. The molecule has 2 rings (SSSR count). The van der Waals surface area contributed by atoms with Gasteiger partial charge in [-0.05, 0) is 40.5 Å². The van der Waals surface area contributed by atoms with Gasteiger partial charge in [0.2, 0.25) is 5.91 Å². The third kappa shape index (κ3) is 3.41. The molecule has 4 nitrogen and oxygen atoms in total. The van der Waals surface area contributed by atoms with E-state index >= 15 is 0 Å². The zero-order chi connectivity index (χ0) is 15.8. The molecule has 0 spiro atoms. The van der Waals surface area contributed by atoms with Crippen molar-refractivity contribution in [2.24, 2.45) is 5.92 Å². The van der Waals surface area contributed by atoms with Crippen LogP contribution in [-0.4, -0.2) is 34.0 Å². The Morgan fingerprint density at radius 3 is 1.90 bits per heavy atom. The third-order valence-corrected chi connectivity index (χ3v) is 4.92. The summed E-state index contributed by atoms with van der Waals surface area (Å²) in [6, 6.07) is 0. The average Bonchev–Trinajstić information content (AvgIpc) is 2.76. The van der Waals surface area contributed by atoms with E-state index < -0.39 is 0 Å². The predicted octanol–water partition coefficient (Wildman–Crippen LogP) is 3.29. The molecule has 1 aliphatic heterocycles. The van der Waals surface area contributed by atoms with Crippen LogP contribution in [0.1, 0.15) is 73.1 Å². The van der Waals surface area contributed by atoms with Crippen molar-refractivity contribution < 1.29 is 14.3 Å². The maximum absolute atomic E-state index is 13.0. The molecule has 1 amide bonds. The molecule has 0 radical (unpaired) electrons.